The molecule has 0 saturated heterocycles. The first-order chi connectivity index (χ1) is 9.83. The monoisotopic (exact) mass is 301 g/mol. The van der Waals surface area contributed by atoms with Gasteiger partial charge in [0.15, 0.2) is 10.9 Å². The maximum atomic E-state index is 6.12. The number of nitrogen functional groups attached to an aromatic ring is 1. The van der Waals surface area contributed by atoms with Gasteiger partial charge in [0, 0.05) is 16.5 Å². The second kappa shape index (κ2) is 5.89. The van der Waals surface area contributed by atoms with Crippen molar-refractivity contribution in [3.05, 3.63) is 48.2 Å². The van der Waals surface area contributed by atoms with E-state index in [0.29, 0.717) is 11.5 Å². The van der Waals surface area contributed by atoms with Gasteiger partial charge in [0.1, 0.15) is 17.0 Å². The molecular formula is C13H11N5S2. The Labute approximate surface area is 124 Å². The molecule has 0 amide bonds. The lowest BCUT2D eigenvalue weighted by molar-refractivity contribution is 1.06. The number of hydrogen-bond donors (Lipinski definition) is 2. The number of nitrogens with two attached hydrogens (primary N) is 1. The Balaban J connectivity index is 1.85. The first-order valence-electron chi connectivity index (χ1n) is 5.83. The molecule has 2 aromatic heterocycles. The first-order valence-corrected chi connectivity index (χ1v) is 7.52. The predicted octanol–water partition coefficient (Wildman–Crippen LogP) is 3.41. The summed E-state index contributed by atoms with van der Waals surface area (Å²) in [5.41, 5.74) is 6.64. The van der Waals surface area contributed by atoms with Crippen LogP contribution in [0.15, 0.2) is 58.2 Å². The summed E-state index contributed by atoms with van der Waals surface area (Å²) in [6.45, 7) is 0. The van der Waals surface area contributed by atoms with Gasteiger partial charge >= 0.3 is 0 Å². The van der Waals surface area contributed by atoms with Crippen molar-refractivity contribution in [1.29, 1.82) is 0 Å². The predicted molar refractivity (Wildman–Crippen MR) is 82.4 cm³/mol. The number of nitrogens with one attached hydrogen (secondary N) is 1. The molecule has 3 rings (SSSR count). The van der Waals surface area contributed by atoms with Crippen LogP contribution in [-0.4, -0.2) is 15.0 Å². The fourth-order valence-corrected chi connectivity index (χ4v) is 2.90. The number of anilines is 3. The number of benzene rings is 1. The second-order valence-electron chi connectivity index (χ2n) is 3.82. The van der Waals surface area contributed by atoms with Crippen molar-refractivity contribution >= 4 is 39.7 Å². The summed E-state index contributed by atoms with van der Waals surface area (Å²) < 4.78 is 0. The van der Waals surface area contributed by atoms with Gasteiger partial charge in [-0.3, -0.25) is 0 Å². The van der Waals surface area contributed by atoms with Crippen LogP contribution in [-0.2, 0) is 0 Å². The largest absolute Gasteiger partial charge is 0.394 e. The lowest BCUT2D eigenvalue weighted by atomic mass is 10.4. The molecule has 20 heavy (non-hydrogen) atoms. The molecule has 3 aromatic rings. The van der Waals surface area contributed by atoms with E-state index in [4.69, 9.17) is 5.73 Å². The second-order valence-corrected chi connectivity index (χ2v) is 5.78. The van der Waals surface area contributed by atoms with Crippen molar-refractivity contribution < 1.29 is 0 Å². The Morgan fingerprint density at radius 2 is 1.95 bits per heavy atom. The third-order valence-electron chi connectivity index (χ3n) is 2.46. The lowest BCUT2D eigenvalue weighted by Gasteiger charge is -2.08. The molecule has 5 nitrogen and oxygen atoms in total. The minimum absolute atomic E-state index is 0.525. The Bertz CT molecular complexity index is 685. The standard InChI is InChI=1S/C13H11N5S2/c14-10-11(18-13-15-6-7-19-13)16-8-17-12(10)20-9-4-2-1-3-5-9/h1-8H,14H2,(H,15,16,17,18). The molecule has 0 aliphatic carbocycles. The molecule has 0 saturated carbocycles. The summed E-state index contributed by atoms with van der Waals surface area (Å²) in [6.07, 6.45) is 3.22. The molecule has 0 aliphatic heterocycles. The van der Waals surface area contributed by atoms with Gasteiger partial charge < -0.3 is 11.1 Å². The van der Waals surface area contributed by atoms with E-state index in [0.717, 1.165) is 15.1 Å². The van der Waals surface area contributed by atoms with Crippen LogP contribution >= 0.6 is 23.1 Å². The fraction of sp³-hybridized carbons (Fsp3) is 0. The van der Waals surface area contributed by atoms with Gasteiger partial charge in [0.2, 0.25) is 0 Å². The highest BCUT2D eigenvalue weighted by molar-refractivity contribution is 7.99. The molecule has 0 radical (unpaired) electrons. The van der Waals surface area contributed by atoms with E-state index in [1.165, 1.54) is 29.4 Å². The summed E-state index contributed by atoms with van der Waals surface area (Å²) in [5.74, 6) is 0.577. The Kier molecular flexibility index (Phi) is 3.80. The van der Waals surface area contributed by atoms with Crippen LogP contribution < -0.4 is 11.1 Å². The Morgan fingerprint density at radius 1 is 1.10 bits per heavy atom. The maximum absolute atomic E-state index is 6.12. The van der Waals surface area contributed by atoms with Crippen LogP contribution in [0, 0.1) is 0 Å². The highest BCUT2D eigenvalue weighted by Crippen LogP contribution is 2.33. The van der Waals surface area contributed by atoms with E-state index in [2.05, 4.69) is 20.3 Å². The van der Waals surface area contributed by atoms with Crippen molar-refractivity contribution in [1.82, 2.24) is 15.0 Å². The van der Waals surface area contributed by atoms with Gasteiger partial charge in [-0.1, -0.05) is 30.0 Å². The van der Waals surface area contributed by atoms with E-state index >= 15 is 0 Å². The summed E-state index contributed by atoms with van der Waals surface area (Å²) >= 11 is 3.00. The normalized spacial score (nSPS) is 10.4. The van der Waals surface area contributed by atoms with Crippen molar-refractivity contribution in [2.45, 2.75) is 9.92 Å². The first kappa shape index (κ1) is 12.9. The van der Waals surface area contributed by atoms with Crippen molar-refractivity contribution in [3.63, 3.8) is 0 Å². The zero-order valence-corrected chi connectivity index (χ0v) is 12.0. The molecule has 100 valence electrons. The lowest BCUT2D eigenvalue weighted by Crippen LogP contribution is -2.02. The molecule has 2 heterocycles. The van der Waals surface area contributed by atoms with Gasteiger partial charge in [-0.2, -0.15) is 0 Å². The van der Waals surface area contributed by atoms with Gasteiger partial charge in [-0.15, -0.1) is 11.3 Å². The van der Waals surface area contributed by atoms with Crippen LogP contribution in [0.5, 0.6) is 0 Å². The summed E-state index contributed by atoms with van der Waals surface area (Å²) in [5, 5.41) is 6.47. The summed E-state index contributed by atoms with van der Waals surface area (Å²) in [7, 11) is 0. The van der Waals surface area contributed by atoms with Crippen LogP contribution in [0.4, 0.5) is 16.6 Å². The van der Waals surface area contributed by atoms with Crippen molar-refractivity contribution in [2.24, 2.45) is 0 Å². The summed E-state index contributed by atoms with van der Waals surface area (Å²) in [4.78, 5) is 13.6. The number of rotatable bonds is 4. The zero-order chi connectivity index (χ0) is 13.8. The molecule has 0 atom stereocenters. The Hall–Kier alpha value is -2.12. The van der Waals surface area contributed by atoms with Crippen LogP contribution in [0.2, 0.25) is 0 Å². The molecule has 7 heteroatoms. The molecule has 0 bridgehead atoms. The molecule has 0 spiro atoms. The third-order valence-corrected chi connectivity index (χ3v) is 4.18. The van der Waals surface area contributed by atoms with Crippen LogP contribution in [0.25, 0.3) is 0 Å². The highest BCUT2D eigenvalue weighted by Gasteiger charge is 2.10. The van der Waals surface area contributed by atoms with Gasteiger partial charge in [-0.05, 0) is 12.1 Å². The van der Waals surface area contributed by atoms with Crippen molar-refractivity contribution in [3.8, 4) is 0 Å². The van der Waals surface area contributed by atoms with Crippen LogP contribution in [0.1, 0.15) is 0 Å². The van der Waals surface area contributed by atoms with E-state index < -0.39 is 0 Å². The number of hydrogen-bond acceptors (Lipinski definition) is 7. The van der Waals surface area contributed by atoms with Gasteiger partial charge in [0.25, 0.3) is 0 Å². The zero-order valence-electron chi connectivity index (χ0n) is 10.4. The van der Waals surface area contributed by atoms with E-state index in [1.54, 1.807) is 6.20 Å². The average Bonchev–Trinajstić information content (AvgIpc) is 2.97. The molecule has 0 unspecified atom stereocenters. The summed E-state index contributed by atoms with van der Waals surface area (Å²) in [6, 6.07) is 9.96. The Morgan fingerprint density at radius 3 is 2.70 bits per heavy atom. The number of aromatic nitrogens is 3. The van der Waals surface area contributed by atoms with Crippen LogP contribution in [0.3, 0.4) is 0 Å². The van der Waals surface area contributed by atoms with Gasteiger partial charge in [0.05, 0.1) is 0 Å². The smallest absolute Gasteiger partial charge is 0.188 e. The SMILES string of the molecule is Nc1c(Nc2nccs2)ncnc1Sc1ccccc1. The van der Waals surface area contributed by atoms with Gasteiger partial charge in [-0.25, -0.2) is 15.0 Å². The topological polar surface area (TPSA) is 76.7 Å². The van der Waals surface area contributed by atoms with E-state index in [1.807, 2.05) is 35.7 Å². The van der Waals surface area contributed by atoms with E-state index in [-0.39, 0.29) is 0 Å². The highest BCUT2D eigenvalue weighted by atomic mass is 32.2. The fourth-order valence-electron chi connectivity index (χ4n) is 1.55. The molecule has 0 fully saturated rings. The average molecular weight is 301 g/mol. The molecule has 3 N–H and O–H groups in total. The van der Waals surface area contributed by atoms with Crippen molar-refractivity contribution in [2.75, 3.05) is 11.1 Å². The number of thiazole rings is 1. The number of nitrogens with zero attached hydrogens (tertiary/aromatic N) is 3. The molecule has 1 aromatic carbocycles. The molecular weight excluding hydrogens is 290 g/mol. The minimum Gasteiger partial charge on any atom is -0.394 e. The van der Waals surface area contributed by atoms with E-state index in [9.17, 15) is 0 Å². The maximum Gasteiger partial charge on any atom is 0.188 e. The third kappa shape index (κ3) is 2.89. The quantitative estimate of drug-likeness (QED) is 0.719. The molecule has 0 aliphatic rings. The minimum atomic E-state index is 0.525.